The molecule has 2 heteroatoms. The maximum Gasteiger partial charge on any atom is 0.0379 e. The second-order valence-corrected chi connectivity index (χ2v) is 5.64. The number of fused-ring (bicyclic) bond motifs is 3. The van der Waals surface area contributed by atoms with Gasteiger partial charge in [0.05, 0.1) is 0 Å². The van der Waals surface area contributed by atoms with Crippen LogP contribution in [-0.2, 0) is 0 Å². The Morgan fingerprint density at radius 1 is 1.13 bits per heavy atom. The van der Waals surface area contributed by atoms with Crippen LogP contribution in [-0.4, -0.2) is 6.04 Å². The summed E-state index contributed by atoms with van der Waals surface area (Å²) in [5, 5.41) is 3.68. The van der Waals surface area contributed by atoms with E-state index in [1.54, 1.807) is 0 Å². The van der Waals surface area contributed by atoms with Crippen molar-refractivity contribution in [2.45, 2.75) is 44.1 Å². The highest BCUT2D eigenvalue weighted by Crippen LogP contribution is 2.43. The summed E-state index contributed by atoms with van der Waals surface area (Å²) in [6, 6.07) is 7.36. The molecule has 3 rings (SSSR count). The highest BCUT2D eigenvalue weighted by atomic mass is 79.9. The van der Waals surface area contributed by atoms with E-state index in [1.165, 1.54) is 47.8 Å². The van der Waals surface area contributed by atoms with Crippen molar-refractivity contribution < 1.29 is 0 Å². The predicted octanol–water partition coefficient (Wildman–Crippen LogP) is 4.29. The van der Waals surface area contributed by atoms with Gasteiger partial charge in [-0.15, -0.1) is 0 Å². The van der Waals surface area contributed by atoms with E-state index < -0.39 is 0 Å². The van der Waals surface area contributed by atoms with Gasteiger partial charge in [-0.1, -0.05) is 35.2 Å². The second kappa shape index (κ2) is 3.82. The van der Waals surface area contributed by atoms with Gasteiger partial charge in [-0.3, -0.25) is 0 Å². The lowest BCUT2D eigenvalue weighted by Gasteiger charge is -2.16. The normalized spacial score (nSPS) is 28.9. The molecule has 15 heavy (non-hydrogen) atoms. The minimum absolute atomic E-state index is 0.705. The van der Waals surface area contributed by atoms with Crippen LogP contribution in [0.5, 0.6) is 0 Å². The van der Waals surface area contributed by atoms with Crippen LogP contribution >= 0.6 is 15.9 Å². The van der Waals surface area contributed by atoms with Gasteiger partial charge in [-0.05, 0) is 36.6 Å². The van der Waals surface area contributed by atoms with E-state index in [2.05, 4.69) is 39.4 Å². The van der Waals surface area contributed by atoms with Crippen molar-refractivity contribution in [2.24, 2.45) is 0 Å². The molecule has 2 aliphatic rings. The highest BCUT2D eigenvalue weighted by molar-refractivity contribution is 9.10. The van der Waals surface area contributed by atoms with Gasteiger partial charge in [-0.2, -0.15) is 0 Å². The smallest absolute Gasteiger partial charge is 0.0379 e. The lowest BCUT2D eigenvalue weighted by Crippen LogP contribution is -2.18. The zero-order valence-corrected chi connectivity index (χ0v) is 10.4. The van der Waals surface area contributed by atoms with Crippen molar-refractivity contribution in [3.8, 4) is 0 Å². The fourth-order valence-corrected chi connectivity index (χ4v) is 3.40. The third-order valence-electron chi connectivity index (χ3n) is 3.77. The molecule has 2 unspecified atom stereocenters. The van der Waals surface area contributed by atoms with E-state index >= 15 is 0 Å². The Morgan fingerprint density at radius 2 is 2.00 bits per heavy atom. The Balaban J connectivity index is 1.98. The minimum atomic E-state index is 0.705. The Morgan fingerprint density at radius 3 is 2.93 bits per heavy atom. The molecule has 80 valence electrons. The predicted molar refractivity (Wildman–Crippen MR) is 67.4 cm³/mol. The van der Waals surface area contributed by atoms with Gasteiger partial charge in [0.15, 0.2) is 0 Å². The lowest BCUT2D eigenvalue weighted by atomic mass is 9.91. The zero-order valence-electron chi connectivity index (χ0n) is 8.80. The number of anilines is 1. The molecular weight excluding hydrogens is 250 g/mol. The highest BCUT2D eigenvalue weighted by Gasteiger charge is 2.32. The Hall–Kier alpha value is -0.500. The first-order valence-electron chi connectivity index (χ1n) is 5.90. The van der Waals surface area contributed by atoms with Crippen LogP contribution in [0.1, 0.15) is 43.6 Å². The first-order chi connectivity index (χ1) is 7.34. The van der Waals surface area contributed by atoms with Crippen LogP contribution in [0, 0.1) is 0 Å². The third-order valence-corrected chi connectivity index (χ3v) is 4.26. The number of hydrogen-bond acceptors (Lipinski definition) is 1. The van der Waals surface area contributed by atoms with Gasteiger partial charge < -0.3 is 5.32 Å². The molecule has 0 amide bonds. The van der Waals surface area contributed by atoms with Crippen molar-refractivity contribution in [2.75, 3.05) is 5.32 Å². The Bertz CT molecular complexity index is 375. The van der Waals surface area contributed by atoms with Gasteiger partial charge in [0.2, 0.25) is 0 Å². The molecule has 1 nitrogen and oxygen atoms in total. The molecule has 0 aromatic heterocycles. The molecule has 1 aliphatic carbocycles. The van der Waals surface area contributed by atoms with Crippen LogP contribution in [0.15, 0.2) is 22.7 Å². The first kappa shape index (κ1) is 9.71. The maximum atomic E-state index is 3.68. The number of hydrogen-bond donors (Lipinski definition) is 1. The second-order valence-electron chi connectivity index (χ2n) is 4.73. The number of halogens is 1. The summed E-state index contributed by atoms with van der Waals surface area (Å²) in [6.45, 7) is 0. The molecular formula is C13H16BrN. The molecule has 0 bridgehead atoms. The van der Waals surface area contributed by atoms with Gasteiger partial charge in [0.1, 0.15) is 0 Å². The summed E-state index contributed by atoms with van der Waals surface area (Å²) in [4.78, 5) is 0. The first-order valence-corrected chi connectivity index (χ1v) is 6.70. The van der Waals surface area contributed by atoms with E-state index in [0.717, 1.165) is 5.92 Å². The van der Waals surface area contributed by atoms with E-state index in [1.807, 2.05) is 0 Å². The van der Waals surface area contributed by atoms with E-state index in [0.29, 0.717) is 6.04 Å². The zero-order chi connectivity index (χ0) is 10.3. The summed E-state index contributed by atoms with van der Waals surface area (Å²) in [5.41, 5.74) is 2.91. The van der Waals surface area contributed by atoms with Gasteiger partial charge in [0.25, 0.3) is 0 Å². The Kier molecular flexibility index (Phi) is 2.47. The fourth-order valence-electron chi connectivity index (χ4n) is 3.02. The Labute approximate surface area is 99.4 Å². The topological polar surface area (TPSA) is 12.0 Å². The van der Waals surface area contributed by atoms with Crippen molar-refractivity contribution in [3.05, 3.63) is 28.2 Å². The molecule has 0 radical (unpaired) electrons. The van der Waals surface area contributed by atoms with Crippen LogP contribution in [0.3, 0.4) is 0 Å². The third kappa shape index (κ3) is 1.69. The van der Waals surface area contributed by atoms with Crippen LogP contribution in [0.2, 0.25) is 0 Å². The molecule has 2 atom stereocenters. The monoisotopic (exact) mass is 265 g/mol. The number of rotatable bonds is 0. The average Bonchev–Trinajstić information content (AvgIpc) is 2.44. The van der Waals surface area contributed by atoms with E-state index in [-0.39, 0.29) is 0 Å². The van der Waals surface area contributed by atoms with E-state index in [9.17, 15) is 0 Å². The number of benzene rings is 1. The van der Waals surface area contributed by atoms with Crippen molar-refractivity contribution in [1.29, 1.82) is 0 Å². The molecule has 0 saturated heterocycles. The largest absolute Gasteiger partial charge is 0.381 e. The quantitative estimate of drug-likeness (QED) is 0.738. The average molecular weight is 266 g/mol. The molecule has 0 spiro atoms. The van der Waals surface area contributed by atoms with E-state index in [4.69, 9.17) is 0 Å². The maximum absolute atomic E-state index is 3.68. The molecule has 1 saturated carbocycles. The summed E-state index contributed by atoms with van der Waals surface area (Å²) < 4.78 is 1.22. The SMILES string of the molecule is Brc1ccc2c(c1)C1CCCCCC1N2. The summed E-state index contributed by atoms with van der Waals surface area (Å²) in [6.07, 6.45) is 6.91. The van der Waals surface area contributed by atoms with Gasteiger partial charge in [0, 0.05) is 22.1 Å². The molecule has 1 aliphatic heterocycles. The van der Waals surface area contributed by atoms with Crippen LogP contribution < -0.4 is 5.32 Å². The van der Waals surface area contributed by atoms with Crippen molar-refractivity contribution >= 4 is 21.6 Å². The van der Waals surface area contributed by atoms with Gasteiger partial charge in [-0.25, -0.2) is 0 Å². The molecule has 1 N–H and O–H groups in total. The lowest BCUT2D eigenvalue weighted by molar-refractivity contribution is 0.562. The summed E-state index contributed by atoms with van der Waals surface area (Å²) in [5.74, 6) is 0.764. The minimum Gasteiger partial charge on any atom is -0.381 e. The van der Waals surface area contributed by atoms with Crippen LogP contribution in [0.25, 0.3) is 0 Å². The molecule has 1 aromatic rings. The fraction of sp³-hybridized carbons (Fsp3) is 0.538. The molecule has 1 fully saturated rings. The molecule has 1 aromatic carbocycles. The summed E-state index contributed by atoms with van der Waals surface area (Å²) >= 11 is 3.57. The van der Waals surface area contributed by atoms with Crippen molar-refractivity contribution in [3.63, 3.8) is 0 Å². The van der Waals surface area contributed by atoms with Gasteiger partial charge >= 0.3 is 0 Å². The summed E-state index contributed by atoms with van der Waals surface area (Å²) in [7, 11) is 0. The standard InChI is InChI=1S/C13H16BrN/c14-9-6-7-13-11(8-9)10-4-2-1-3-5-12(10)15-13/h6-8,10,12,15H,1-5H2. The van der Waals surface area contributed by atoms with Crippen LogP contribution in [0.4, 0.5) is 5.69 Å². The number of nitrogens with one attached hydrogen (secondary N) is 1. The molecule has 1 heterocycles. The van der Waals surface area contributed by atoms with Crippen molar-refractivity contribution in [1.82, 2.24) is 0 Å².